The number of anilines is 1. The molecule has 2 aromatic rings. The number of para-hydroxylation sites is 1. The number of Topliss-reactive ketones (excluding diaryl/α,β-unsaturated/α-hetero) is 1. The number of nitrogens with one attached hydrogen (secondary N) is 1. The van der Waals surface area contributed by atoms with Crippen LogP contribution in [0.4, 0.5) is 5.69 Å². The lowest BCUT2D eigenvalue weighted by molar-refractivity contribution is -0.134. The SMILES string of the molecule is CC(=O)CCC(=O)N1CCC(N(C)CCc2ccccc2NC=O)CC1.CCCN(CCC)C1(C)CCOCC1.Cc1cc(C)c(O)c(C)c1. The molecule has 2 amide bonds. The highest BCUT2D eigenvalue weighted by Crippen LogP contribution is 2.28. The Balaban J connectivity index is 0.000000300. The number of phenols is 1. The number of carbonyl (C=O) groups is 3. The number of hydrogen-bond donors (Lipinski definition) is 2. The van der Waals surface area contributed by atoms with Crippen LogP contribution in [0.5, 0.6) is 5.75 Å². The lowest BCUT2D eigenvalue weighted by Crippen LogP contribution is -2.50. The molecule has 2 fully saturated rings. The van der Waals surface area contributed by atoms with Crippen LogP contribution >= 0.6 is 0 Å². The third-order valence-electron chi connectivity index (χ3n) is 10.1. The van der Waals surface area contributed by atoms with Gasteiger partial charge in [0, 0.05) is 63.0 Å². The molecule has 9 nitrogen and oxygen atoms in total. The number of carbonyl (C=O) groups excluding carboxylic acids is 3. The number of likely N-dealkylation sites (tertiary alicyclic amines) is 1. The summed E-state index contributed by atoms with van der Waals surface area (Å²) in [6.45, 7) is 21.1. The summed E-state index contributed by atoms with van der Waals surface area (Å²) in [5, 5.41) is 12.1. The minimum atomic E-state index is 0.0670. The number of amides is 2. The average Bonchev–Trinajstić information content (AvgIpc) is 3.10. The summed E-state index contributed by atoms with van der Waals surface area (Å²) in [4.78, 5) is 40.7. The van der Waals surface area contributed by atoms with Crippen molar-refractivity contribution >= 4 is 23.8 Å². The minimum absolute atomic E-state index is 0.0670. The number of benzene rings is 2. The minimum Gasteiger partial charge on any atom is -0.507 e. The quantitative estimate of drug-likeness (QED) is 0.204. The Labute approximate surface area is 302 Å². The average molecular weight is 695 g/mol. The summed E-state index contributed by atoms with van der Waals surface area (Å²) in [6, 6.07) is 12.3. The molecule has 0 unspecified atom stereocenters. The summed E-state index contributed by atoms with van der Waals surface area (Å²) in [5.74, 6) is 0.582. The molecule has 0 radical (unpaired) electrons. The van der Waals surface area contributed by atoms with E-state index in [1.807, 2.05) is 62.1 Å². The molecule has 2 aromatic carbocycles. The summed E-state index contributed by atoms with van der Waals surface area (Å²) < 4.78 is 5.44. The van der Waals surface area contributed by atoms with E-state index in [-0.39, 0.29) is 11.7 Å². The van der Waals surface area contributed by atoms with Gasteiger partial charge in [-0.05, 0) is 122 Å². The summed E-state index contributed by atoms with van der Waals surface area (Å²) >= 11 is 0. The number of rotatable bonds is 14. The molecule has 2 saturated heterocycles. The maximum Gasteiger partial charge on any atom is 0.223 e. The van der Waals surface area contributed by atoms with Crippen molar-refractivity contribution in [3.8, 4) is 5.75 Å². The zero-order valence-corrected chi connectivity index (χ0v) is 32.4. The van der Waals surface area contributed by atoms with Crippen molar-refractivity contribution in [3.63, 3.8) is 0 Å². The third-order valence-corrected chi connectivity index (χ3v) is 10.1. The van der Waals surface area contributed by atoms with E-state index < -0.39 is 0 Å². The Morgan fingerprint density at radius 3 is 2.10 bits per heavy atom. The molecule has 0 spiro atoms. The van der Waals surface area contributed by atoms with E-state index in [1.54, 1.807) is 0 Å². The van der Waals surface area contributed by atoms with Gasteiger partial charge >= 0.3 is 0 Å². The van der Waals surface area contributed by atoms with Crippen molar-refractivity contribution < 1.29 is 24.2 Å². The van der Waals surface area contributed by atoms with Crippen LogP contribution in [0.3, 0.4) is 0 Å². The van der Waals surface area contributed by atoms with Gasteiger partial charge in [0.2, 0.25) is 12.3 Å². The number of phenolic OH excluding ortho intramolecular Hbond substituents is 1. The number of nitrogens with zero attached hydrogens (tertiary/aromatic N) is 3. The second-order valence-corrected chi connectivity index (χ2v) is 14.3. The van der Waals surface area contributed by atoms with Crippen LogP contribution in [0.15, 0.2) is 36.4 Å². The fourth-order valence-corrected chi connectivity index (χ4v) is 6.91. The Morgan fingerprint density at radius 1 is 0.980 bits per heavy atom. The van der Waals surface area contributed by atoms with Gasteiger partial charge in [0.1, 0.15) is 11.5 Å². The molecule has 0 aromatic heterocycles. The Hall–Kier alpha value is -3.27. The molecule has 0 aliphatic carbocycles. The molecule has 0 saturated carbocycles. The molecular formula is C41H66N4O5. The smallest absolute Gasteiger partial charge is 0.223 e. The summed E-state index contributed by atoms with van der Waals surface area (Å²) in [7, 11) is 2.12. The van der Waals surface area contributed by atoms with E-state index in [0.29, 0.717) is 36.6 Å². The van der Waals surface area contributed by atoms with Crippen LogP contribution in [0.25, 0.3) is 0 Å². The van der Waals surface area contributed by atoms with Crippen molar-refractivity contribution in [3.05, 3.63) is 58.7 Å². The Kier molecular flexibility index (Phi) is 19.3. The molecule has 2 aliphatic rings. The first kappa shape index (κ1) is 42.9. The fraction of sp³-hybridized carbons (Fsp3) is 0.634. The van der Waals surface area contributed by atoms with Crippen molar-refractivity contribution in [2.75, 3.05) is 58.3 Å². The van der Waals surface area contributed by atoms with Crippen LogP contribution in [-0.2, 0) is 25.5 Å². The highest BCUT2D eigenvalue weighted by Gasteiger charge is 2.32. The first-order chi connectivity index (χ1) is 23.8. The van der Waals surface area contributed by atoms with Gasteiger partial charge in [-0.2, -0.15) is 0 Å². The van der Waals surface area contributed by atoms with Crippen LogP contribution < -0.4 is 5.32 Å². The standard InChI is InChI=1S/C20H29N3O3.C12H25NO.C9H12O/c1-16(25)7-8-20(26)23-13-10-18(11-14-23)22(2)12-9-17-5-3-4-6-19(17)21-15-24;1-4-8-13(9-5-2)12(3)6-10-14-11-7-12;1-6-4-7(2)9(10)8(3)5-6/h3-6,15,18H,7-14H2,1-2H3,(H,21,24);4-11H2,1-3H3;4-5,10H,1-3H3. The number of likely N-dealkylation sites (N-methyl/N-ethyl adjacent to an activating group) is 1. The molecule has 280 valence electrons. The molecule has 2 N–H and O–H groups in total. The molecule has 0 atom stereocenters. The van der Waals surface area contributed by atoms with Crippen LogP contribution in [0, 0.1) is 20.8 Å². The maximum atomic E-state index is 12.1. The van der Waals surface area contributed by atoms with Crippen LogP contribution in [0.1, 0.15) is 101 Å². The zero-order valence-electron chi connectivity index (χ0n) is 32.4. The fourth-order valence-electron chi connectivity index (χ4n) is 6.91. The molecule has 2 heterocycles. The highest BCUT2D eigenvalue weighted by molar-refractivity contribution is 5.83. The summed E-state index contributed by atoms with van der Waals surface area (Å²) in [6.07, 6.45) is 9.08. The van der Waals surface area contributed by atoms with E-state index >= 15 is 0 Å². The topological polar surface area (TPSA) is 102 Å². The van der Waals surface area contributed by atoms with E-state index in [4.69, 9.17) is 4.74 Å². The number of aryl methyl sites for hydroxylation is 3. The van der Waals surface area contributed by atoms with Gasteiger partial charge in [0.25, 0.3) is 0 Å². The number of ether oxygens (including phenoxy) is 1. The van der Waals surface area contributed by atoms with Crippen molar-refractivity contribution in [2.24, 2.45) is 0 Å². The van der Waals surface area contributed by atoms with Gasteiger partial charge in [-0.3, -0.25) is 14.5 Å². The largest absolute Gasteiger partial charge is 0.507 e. The van der Waals surface area contributed by atoms with Crippen molar-refractivity contribution in [1.82, 2.24) is 14.7 Å². The molecule has 4 rings (SSSR count). The van der Waals surface area contributed by atoms with Gasteiger partial charge in [-0.25, -0.2) is 0 Å². The van der Waals surface area contributed by atoms with Gasteiger partial charge in [0.05, 0.1) is 0 Å². The predicted octanol–water partition coefficient (Wildman–Crippen LogP) is 7.08. The van der Waals surface area contributed by atoms with Gasteiger partial charge in [0.15, 0.2) is 0 Å². The molecule has 0 bridgehead atoms. The molecular weight excluding hydrogens is 628 g/mol. The van der Waals surface area contributed by atoms with Gasteiger partial charge in [-0.15, -0.1) is 0 Å². The van der Waals surface area contributed by atoms with E-state index in [0.717, 1.165) is 74.5 Å². The zero-order chi connectivity index (χ0) is 37.1. The molecule has 2 aliphatic heterocycles. The van der Waals surface area contributed by atoms with Gasteiger partial charge < -0.3 is 29.8 Å². The molecule has 9 heteroatoms. The number of hydrogen-bond acceptors (Lipinski definition) is 7. The van der Waals surface area contributed by atoms with Crippen molar-refractivity contribution in [1.29, 1.82) is 0 Å². The Morgan fingerprint density at radius 2 is 1.56 bits per heavy atom. The number of ketones is 1. The Bertz CT molecular complexity index is 1290. The van der Waals surface area contributed by atoms with Crippen LogP contribution in [-0.4, -0.2) is 102 Å². The predicted molar refractivity (Wildman–Crippen MR) is 205 cm³/mol. The number of aromatic hydroxyl groups is 1. The highest BCUT2D eigenvalue weighted by atomic mass is 16.5. The van der Waals surface area contributed by atoms with Crippen LogP contribution in [0.2, 0.25) is 0 Å². The second kappa shape index (κ2) is 22.5. The molecule has 50 heavy (non-hydrogen) atoms. The summed E-state index contributed by atoms with van der Waals surface area (Å²) in [5.41, 5.74) is 5.51. The van der Waals surface area contributed by atoms with E-state index in [9.17, 15) is 19.5 Å². The third kappa shape index (κ3) is 14.5. The van der Waals surface area contributed by atoms with Crippen molar-refractivity contribution in [2.45, 2.75) is 118 Å². The van der Waals surface area contributed by atoms with E-state index in [2.05, 4.69) is 42.9 Å². The van der Waals surface area contributed by atoms with Gasteiger partial charge in [-0.1, -0.05) is 49.7 Å². The second-order valence-electron chi connectivity index (χ2n) is 14.3. The first-order valence-electron chi connectivity index (χ1n) is 18.7. The lowest BCUT2D eigenvalue weighted by Gasteiger charge is -2.44. The van der Waals surface area contributed by atoms with E-state index in [1.165, 1.54) is 51.3 Å². The first-order valence-corrected chi connectivity index (χ1v) is 18.7. The lowest BCUT2D eigenvalue weighted by atomic mass is 9.90. The monoisotopic (exact) mass is 695 g/mol. The normalized spacial score (nSPS) is 15.8. The maximum absolute atomic E-state index is 12.1. The number of piperidine rings is 1.